The third-order valence-electron chi connectivity index (χ3n) is 4.08. The molecule has 1 aromatic carbocycles. The molecule has 2 rings (SSSR count). The molecule has 1 aliphatic carbocycles. The Hall–Kier alpha value is -1.30. The Morgan fingerprint density at radius 2 is 1.96 bits per heavy atom. The lowest BCUT2D eigenvalue weighted by molar-refractivity contribution is -0.138. The summed E-state index contributed by atoms with van der Waals surface area (Å²) in [6, 6.07) is 5.07. The average Bonchev–Trinajstić information content (AvgIpc) is 2.94. The third-order valence-corrected chi connectivity index (χ3v) is 4.71. The van der Waals surface area contributed by atoms with Gasteiger partial charge < -0.3 is 16.0 Å². The van der Waals surface area contributed by atoms with Crippen molar-refractivity contribution < 1.29 is 9.59 Å². The summed E-state index contributed by atoms with van der Waals surface area (Å²) in [5, 5.41) is 3.40. The summed E-state index contributed by atoms with van der Waals surface area (Å²) in [4.78, 5) is 26.2. The van der Waals surface area contributed by atoms with Gasteiger partial charge in [0.15, 0.2) is 0 Å². The summed E-state index contributed by atoms with van der Waals surface area (Å²) in [6.07, 6.45) is 2.33. The van der Waals surface area contributed by atoms with Gasteiger partial charge in [-0.05, 0) is 38.3 Å². The Bertz CT molecular complexity index is 574. The van der Waals surface area contributed by atoms with Crippen molar-refractivity contribution in [1.82, 2.24) is 4.90 Å². The van der Waals surface area contributed by atoms with Crippen molar-refractivity contribution in [2.45, 2.75) is 32.2 Å². The first-order chi connectivity index (χ1) is 10.9. The number of amides is 2. The molecule has 0 aromatic heterocycles. The molecule has 0 aliphatic heterocycles. The lowest BCUT2D eigenvalue weighted by atomic mass is 10.1. The van der Waals surface area contributed by atoms with Crippen LogP contribution in [0.5, 0.6) is 0 Å². The highest BCUT2D eigenvalue weighted by molar-refractivity contribution is 6.39. The number of hydrogen-bond acceptors (Lipinski definition) is 3. The highest BCUT2D eigenvalue weighted by atomic mass is 35.5. The van der Waals surface area contributed by atoms with Crippen molar-refractivity contribution in [3.8, 4) is 0 Å². The first kappa shape index (κ1) is 18.0. The molecule has 1 aliphatic rings. The first-order valence-corrected chi connectivity index (χ1v) is 8.46. The van der Waals surface area contributed by atoms with E-state index in [-0.39, 0.29) is 30.3 Å². The number of rotatable bonds is 5. The van der Waals surface area contributed by atoms with Crippen LogP contribution in [0.1, 0.15) is 26.2 Å². The minimum absolute atomic E-state index is 0.0131. The van der Waals surface area contributed by atoms with Crippen molar-refractivity contribution in [3.63, 3.8) is 0 Å². The molecule has 1 saturated carbocycles. The number of anilines is 1. The van der Waals surface area contributed by atoms with Gasteiger partial charge in [0.2, 0.25) is 11.8 Å². The molecule has 1 fully saturated rings. The average molecular weight is 358 g/mol. The van der Waals surface area contributed by atoms with Gasteiger partial charge in [-0.1, -0.05) is 29.3 Å². The molecular weight excluding hydrogens is 337 g/mol. The van der Waals surface area contributed by atoms with E-state index in [9.17, 15) is 9.59 Å². The van der Waals surface area contributed by atoms with E-state index in [0.29, 0.717) is 28.7 Å². The highest BCUT2D eigenvalue weighted by Gasteiger charge is 2.31. The number of benzene rings is 1. The van der Waals surface area contributed by atoms with Crippen molar-refractivity contribution in [1.29, 1.82) is 0 Å². The fraction of sp³-hybridized carbons (Fsp3) is 0.500. The van der Waals surface area contributed by atoms with E-state index >= 15 is 0 Å². The number of hydrogen-bond donors (Lipinski definition) is 2. The van der Waals surface area contributed by atoms with Gasteiger partial charge >= 0.3 is 0 Å². The van der Waals surface area contributed by atoms with E-state index in [1.54, 1.807) is 23.1 Å². The normalized spacial score (nSPS) is 20.3. The lowest BCUT2D eigenvalue weighted by Crippen LogP contribution is -2.41. The van der Waals surface area contributed by atoms with Crippen LogP contribution in [-0.4, -0.2) is 35.8 Å². The lowest BCUT2D eigenvalue weighted by Gasteiger charge is -2.24. The maximum Gasteiger partial charge on any atom is 0.244 e. The second-order valence-corrected chi connectivity index (χ2v) is 6.58. The van der Waals surface area contributed by atoms with E-state index in [0.717, 1.165) is 12.8 Å². The summed E-state index contributed by atoms with van der Waals surface area (Å²) >= 11 is 12.1. The maximum atomic E-state index is 12.5. The van der Waals surface area contributed by atoms with Crippen LogP contribution >= 0.6 is 23.2 Å². The van der Waals surface area contributed by atoms with Crippen LogP contribution in [0.3, 0.4) is 0 Å². The van der Waals surface area contributed by atoms with E-state index in [1.165, 1.54) is 0 Å². The van der Waals surface area contributed by atoms with E-state index in [4.69, 9.17) is 28.9 Å². The van der Waals surface area contributed by atoms with Gasteiger partial charge in [0.25, 0.3) is 0 Å². The Morgan fingerprint density at radius 1 is 1.30 bits per heavy atom. The Morgan fingerprint density at radius 3 is 2.48 bits per heavy atom. The smallest absolute Gasteiger partial charge is 0.244 e. The summed E-state index contributed by atoms with van der Waals surface area (Å²) < 4.78 is 0. The molecule has 126 valence electrons. The SMILES string of the molecule is CCN(CC(=O)Nc1c(Cl)cccc1Cl)C(=O)[C@@H]1CC[C@H](N)C1. The molecule has 23 heavy (non-hydrogen) atoms. The molecular formula is C16H21Cl2N3O2. The van der Waals surface area contributed by atoms with Crippen LogP contribution in [0.25, 0.3) is 0 Å². The van der Waals surface area contributed by atoms with E-state index in [2.05, 4.69) is 5.32 Å². The molecule has 0 saturated heterocycles. The molecule has 2 amide bonds. The Balaban J connectivity index is 1.98. The second-order valence-electron chi connectivity index (χ2n) is 5.77. The van der Waals surface area contributed by atoms with Crippen LogP contribution in [0.15, 0.2) is 18.2 Å². The van der Waals surface area contributed by atoms with E-state index < -0.39 is 0 Å². The quantitative estimate of drug-likeness (QED) is 0.850. The van der Waals surface area contributed by atoms with Crippen molar-refractivity contribution >= 4 is 40.7 Å². The third kappa shape index (κ3) is 4.59. The molecule has 3 N–H and O–H groups in total. The van der Waals surface area contributed by atoms with Gasteiger partial charge in [0, 0.05) is 18.5 Å². The largest absolute Gasteiger partial charge is 0.333 e. The van der Waals surface area contributed by atoms with Gasteiger partial charge in [-0.2, -0.15) is 0 Å². The molecule has 1 aromatic rings. The van der Waals surface area contributed by atoms with E-state index in [1.807, 2.05) is 6.92 Å². The molecule has 0 radical (unpaired) electrons. The predicted molar refractivity (Wildman–Crippen MR) is 92.7 cm³/mol. The summed E-state index contributed by atoms with van der Waals surface area (Å²) in [5.74, 6) is -0.417. The molecule has 2 atom stereocenters. The topological polar surface area (TPSA) is 75.4 Å². The second kappa shape index (κ2) is 7.99. The predicted octanol–water partition coefficient (Wildman–Crippen LogP) is 2.91. The Kier molecular flexibility index (Phi) is 6.27. The molecule has 0 unspecified atom stereocenters. The zero-order valence-electron chi connectivity index (χ0n) is 13.0. The van der Waals surface area contributed by atoms with Gasteiger partial charge in [-0.25, -0.2) is 0 Å². The molecule has 7 heteroatoms. The zero-order chi connectivity index (χ0) is 17.0. The van der Waals surface area contributed by atoms with Crippen molar-refractivity contribution in [2.24, 2.45) is 11.7 Å². The number of carbonyl (C=O) groups excluding carboxylic acids is 2. The number of halogens is 2. The number of nitrogens with two attached hydrogens (primary N) is 1. The minimum atomic E-state index is -0.322. The monoisotopic (exact) mass is 357 g/mol. The van der Waals surface area contributed by atoms with Crippen molar-refractivity contribution in [3.05, 3.63) is 28.2 Å². The number of nitrogens with one attached hydrogen (secondary N) is 1. The summed E-state index contributed by atoms with van der Waals surface area (Å²) in [6.45, 7) is 2.29. The van der Waals surface area contributed by atoms with Crippen LogP contribution in [-0.2, 0) is 9.59 Å². The van der Waals surface area contributed by atoms with Gasteiger partial charge in [0.05, 0.1) is 22.3 Å². The first-order valence-electron chi connectivity index (χ1n) is 7.70. The number of para-hydroxylation sites is 1. The number of likely N-dealkylation sites (N-methyl/N-ethyl adjacent to an activating group) is 1. The fourth-order valence-electron chi connectivity index (χ4n) is 2.81. The van der Waals surface area contributed by atoms with Gasteiger partial charge in [0.1, 0.15) is 0 Å². The van der Waals surface area contributed by atoms with Crippen LogP contribution < -0.4 is 11.1 Å². The van der Waals surface area contributed by atoms with Gasteiger partial charge in [-0.3, -0.25) is 9.59 Å². The minimum Gasteiger partial charge on any atom is -0.333 e. The molecule has 0 bridgehead atoms. The van der Waals surface area contributed by atoms with Crippen molar-refractivity contribution in [2.75, 3.05) is 18.4 Å². The standard InChI is InChI=1S/C16H21Cl2N3O2/c1-2-21(16(23)10-6-7-11(19)8-10)9-14(22)20-15-12(17)4-3-5-13(15)18/h3-5,10-11H,2,6-9,19H2,1H3,(H,20,22)/t10-,11+/m1/s1. The summed E-state index contributed by atoms with van der Waals surface area (Å²) in [7, 11) is 0. The van der Waals surface area contributed by atoms with Gasteiger partial charge in [-0.15, -0.1) is 0 Å². The maximum absolute atomic E-state index is 12.5. The zero-order valence-corrected chi connectivity index (χ0v) is 14.5. The molecule has 0 spiro atoms. The van der Waals surface area contributed by atoms with Crippen LogP contribution in [0.2, 0.25) is 10.0 Å². The van der Waals surface area contributed by atoms with Crippen LogP contribution in [0, 0.1) is 5.92 Å². The summed E-state index contributed by atoms with van der Waals surface area (Å²) in [5.41, 5.74) is 6.23. The highest BCUT2D eigenvalue weighted by Crippen LogP contribution is 2.30. The number of nitrogens with zero attached hydrogens (tertiary/aromatic N) is 1. The molecule has 5 nitrogen and oxygen atoms in total. The number of carbonyl (C=O) groups is 2. The molecule has 0 heterocycles. The Labute approximate surface area is 146 Å². The van der Waals surface area contributed by atoms with Crippen LogP contribution in [0.4, 0.5) is 5.69 Å². The fourth-order valence-corrected chi connectivity index (χ4v) is 3.31.